The fourth-order valence-corrected chi connectivity index (χ4v) is 2.93. The van der Waals surface area contributed by atoms with Crippen molar-refractivity contribution in [3.63, 3.8) is 0 Å². The highest BCUT2D eigenvalue weighted by Crippen LogP contribution is 2.30. The lowest BCUT2D eigenvalue weighted by molar-refractivity contribution is 0.0592. The van der Waals surface area contributed by atoms with Gasteiger partial charge in [0, 0.05) is 18.0 Å². The second kappa shape index (κ2) is 5.71. The Kier molecular flexibility index (Phi) is 3.55. The van der Waals surface area contributed by atoms with E-state index in [-0.39, 0.29) is 6.23 Å². The summed E-state index contributed by atoms with van der Waals surface area (Å²) in [6.45, 7) is 0.761. The van der Waals surface area contributed by atoms with Gasteiger partial charge in [0.2, 0.25) is 0 Å². The molecule has 0 amide bonds. The molecule has 1 unspecified atom stereocenters. The van der Waals surface area contributed by atoms with Crippen LogP contribution < -0.4 is 11.1 Å². The largest absolute Gasteiger partial charge is 0.399 e. The van der Waals surface area contributed by atoms with Gasteiger partial charge in [-0.1, -0.05) is 6.07 Å². The Morgan fingerprint density at radius 3 is 3.04 bits per heavy atom. The van der Waals surface area contributed by atoms with Crippen LogP contribution >= 0.6 is 12.6 Å². The molecule has 0 saturated carbocycles. The van der Waals surface area contributed by atoms with Gasteiger partial charge in [-0.3, -0.25) is 4.57 Å². The number of nitrogens with zero attached hydrogens (tertiary/aromatic N) is 4. The number of fused-ring (bicyclic) bond motifs is 1. The van der Waals surface area contributed by atoms with Crippen LogP contribution in [0.25, 0.3) is 11.2 Å². The van der Waals surface area contributed by atoms with E-state index in [0.29, 0.717) is 27.8 Å². The monoisotopic (exact) mass is 328 g/mol. The predicted molar refractivity (Wildman–Crippen MR) is 90.9 cm³/mol. The number of nitrogens with one attached hydrogen (secondary N) is 1. The van der Waals surface area contributed by atoms with E-state index >= 15 is 0 Å². The van der Waals surface area contributed by atoms with Gasteiger partial charge < -0.3 is 15.8 Å². The first-order chi connectivity index (χ1) is 11.2. The lowest BCUT2D eigenvalue weighted by Gasteiger charge is -2.12. The molecule has 7 nitrogen and oxygen atoms in total. The molecule has 1 saturated heterocycles. The number of nitrogen functional groups attached to an aromatic ring is 1. The van der Waals surface area contributed by atoms with E-state index in [2.05, 4.69) is 32.9 Å². The zero-order chi connectivity index (χ0) is 15.8. The van der Waals surface area contributed by atoms with Crippen LogP contribution in [0.4, 0.5) is 17.2 Å². The van der Waals surface area contributed by atoms with Crippen molar-refractivity contribution in [2.75, 3.05) is 17.7 Å². The molecule has 1 atom stereocenters. The van der Waals surface area contributed by atoms with Crippen LogP contribution in [-0.2, 0) is 4.74 Å². The van der Waals surface area contributed by atoms with Crippen molar-refractivity contribution >= 4 is 41.0 Å². The number of rotatable bonds is 3. The number of hydrogen-bond donors (Lipinski definition) is 3. The third-order valence-electron chi connectivity index (χ3n) is 3.77. The maximum Gasteiger partial charge on any atom is 0.188 e. The minimum Gasteiger partial charge on any atom is -0.399 e. The van der Waals surface area contributed by atoms with Crippen molar-refractivity contribution in [2.24, 2.45) is 0 Å². The quantitative estimate of drug-likeness (QED) is 0.389. The number of ether oxygens (including phenoxy) is 1. The summed E-state index contributed by atoms with van der Waals surface area (Å²) in [5, 5.41) is 3.61. The van der Waals surface area contributed by atoms with E-state index in [1.54, 1.807) is 6.33 Å². The molecule has 1 fully saturated rings. The first-order valence-electron chi connectivity index (χ1n) is 7.38. The minimum atomic E-state index is -0.0251. The lowest BCUT2D eigenvalue weighted by Crippen LogP contribution is -2.07. The highest BCUT2D eigenvalue weighted by Gasteiger charge is 2.22. The molecule has 8 heteroatoms. The number of nitrogens with two attached hydrogens (primary N) is 1. The molecule has 0 radical (unpaired) electrons. The maximum atomic E-state index is 5.82. The molecule has 118 valence electrons. The summed E-state index contributed by atoms with van der Waals surface area (Å²) in [7, 11) is 0. The van der Waals surface area contributed by atoms with Gasteiger partial charge >= 0.3 is 0 Å². The summed E-state index contributed by atoms with van der Waals surface area (Å²) in [4.78, 5) is 13.2. The molecule has 0 spiro atoms. The first-order valence-corrected chi connectivity index (χ1v) is 7.83. The summed E-state index contributed by atoms with van der Waals surface area (Å²) >= 11 is 4.31. The SMILES string of the molecule is Nc1cccc(Nc2nc(S)nc3c2ncn3C2CCCO2)c1. The molecular formula is C15H16N6OS. The number of imidazole rings is 1. The Balaban J connectivity index is 1.77. The van der Waals surface area contributed by atoms with Crippen LogP contribution in [0.3, 0.4) is 0 Å². The summed E-state index contributed by atoms with van der Waals surface area (Å²) in [5.41, 5.74) is 8.72. The van der Waals surface area contributed by atoms with Crippen LogP contribution in [0.15, 0.2) is 35.7 Å². The molecule has 23 heavy (non-hydrogen) atoms. The smallest absolute Gasteiger partial charge is 0.188 e. The van der Waals surface area contributed by atoms with Crippen molar-refractivity contribution < 1.29 is 4.74 Å². The molecule has 2 aromatic heterocycles. The highest BCUT2D eigenvalue weighted by atomic mass is 32.1. The van der Waals surface area contributed by atoms with Crippen LogP contribution in [0.5, 0.6) is 0 Å². The zero-order valence-corrected chi connectivity index (χ0v) is 13.2. The topological polar surface area (TPSA) is 90.9 Å². The molecule has 3 heterocycles. The van der Waals surface area contributed by atoms with E-state index in [0.717, 1.165) is 25.1 Å². The van der Waals surface area contributed by atoms with E-state index in [1.165, 1.54) is 0 Å². The summed E-state index contributed by atoms with van der Waals surface area (Å²) < 4.78 is 7.66. The molecular weight excluding hydrogens is 312 g/mol. The second-order valence-electron chi connectivity index (χ2n) is 5.41. The van der Waals surface area contributed by atoms with Gasteiger partial charge in [0.25, 0.3) is 0 Å². The molecule has 3 N–H and O–H groups in total. The number of aromatic nitrogens is 4. The van der Waals surface area contributed by atoms with Crippen LogP contribution in [0.1, 0.15) is 19.1 Å². The normalized spacial score (nSPS) is 17.7. The summed E-state index contributed by atoms with van der Waals surface area (Å²) in [5.74, 6) is 0.599. The lowest BCUT2D eigenvalue weighted by atomic mass is 10.3. The summed E-state index contributed by atoms with van der Waals surface area (Å²) in [6, 6.07) is 7.46. The van der Waals surface area contributed by atoms with E-state index < -0.39 is 0 Å². The number of anilines is 3. The van der Waals surface area contributed by atoms with Gasteiger partial charge in [-0.15, -0.1) is 12.6 Å². The van der Waals surface area contributed by atoms with Gasteiger partial charge in [0.15, 0.2) is 22.1 Å². The standard InChI is InChI=1S/C15H16N6OS/c16-9-3-1-4-10(7-9)18-13-12-14(20-15(23)19-13)21(8-17-12)11-5-2-6-22-11/h1,3-4,7-8,11H,2,5-6,16H2,(H2,18,19,20,23). The molecule has 1 aliphatic rings. The van der Waals surface area contributed by atoms with Crippen molar-refractivity contribution in [3.05, 3.63) is 30.6 Å². The Morgan fingerprint density at radius 2 is 2.26 bits per heavy atom. The predicted octanol–water partition coefficient (Wildman–Crippen LogP) is 2.75. The zero-order valence-electron chi connectivity index (χ0n) is 12.3. The second-order valence-corrected chi connectivity index (χ2v) is 5.81. The number of benzene rings is 1. The average Bonchev–Trinajstić information content (AvgIpc) is 3.15. The van der Waals surface area contributed by atoms with E-state index in [4.69, 9.17) is 10.5 Å². The molecule has 4 rings (SSSR count). The Labute approximate surface area is 138 Å². The van der Waals surface area contributed by atoms with Crippen LogP contribution in [-0.4, -0.2) is 26.1 Å². The third kappa shape index (κ3) is 2.71. The average molecular weight is 328 g/mol. The highest BCUT2D eigenvalue weighted by molar-refractivity contribution is 7.80. The van der Waals surface area contributed by atoms with Gasteiger partial charge in [0.1, 0.15) is 6.23 Å². The minimum absolute atomic E-state index is 0.0251. The first kappa shape index (κ1) is 14.3. The number of thiol groups is 1. The fourth-order valence-electron chi connectivity index (χ4n) is 2.74. The Hall–Kier alpha value is -2.32. The number of hydrogen-bond acceptors (Lipinski definition) is 7. The van der Waals surface area contributed by atoms with Crippen molar-refractivity contribution in [1.29, 1.82) is 0 Å². The molecule has 1 aromatic carbocycles. The van der Waals surface area contributed by atoms with Gasteiger partial charge in [-0.25, -0.2) is 15.0 Å². The Bertz CT molecular complexity index is 858. The molecule has 0 aliphatic carbocycles. The van der Waals surface area contributed by atoms with Crippen molar-refractivity contribution in [1.82, 2.24) is 19.5 Å². The van der Waals surface area contributed by atoms with E-state index in [9.17, 15) is 0 Å². The van der Waals surface area contributed by atoms with Crippen molar-refractivity contribution in [2.45, 2.75) is 24.2 Å². The summed E-state index contributed by atoms with van der Waals surface area (Å²) in [6.07, 6.45) is 3.71. The van der Waals surface area contributed by atoms with Gasteiger partial charge in [-0.2, -0.15) is 0 Å². The fraction of sp³-hybridized carbons (Fsp3) is 0.267. The van der Waals surface area contributed by atoms with Gasteiger partial charge in [0.05, 0.1) is 6.33 Å². The molecule has 3 aromatic rings. The molecule has 1 aliphatic heterocycles. The maximum absolute atomic E-state index is 5.82. The van der Waals surface area contributed by atoms with E-state index in [1.807, 2.05) is 28.8 Å². The van der Waals surface area contributed by atoms with Crippen LogP contribution in [0.2, 0.25) is 0 Å². The third-order valence-corrected chi connectivity index (χ3v) is 3.97. The van der Waals surface area contributed by atoms with Crippen molar-refractivity contribution in [3.8, 4) is 0 Å². The van der Waals surface area contributed by atoms with Gasteiger partial charge in [-0.05, 0) is 31.0 Å². The Morgan fingerprint density at radius 1 is 1.35 bits per heavy atom. The molecule has 0 bridgehead atoms. The van der Waals surface area contributed by atoms with Crippen LogP contribution in [0, 0.1) is 0 Å².